The van der Waals surface area contributed by atoms with E-state index in [-0.39, 0.29) is 6.61 Å². The first-order valence-corrected chi connectivity index (χ1v) is 5.98. The van der Waals surface area contributed by atoms with Crippen molar-refractivity contribution < 1.29 is 9.53 Å². The molecule has 2 rings (SSSR count). The average Bonchev–Trinajstić information content (AvgIpc) is 2.46. The fourth-order valence-corrected chi connectivity index (χ4v) is 1.68. The number of halogens is 1. The third-order valence-electron chi connectivity index (χ3n) is 2.55. The van der Waals surface area contributed by atoms with Gasteiger partial charge in [-0.15, -0.1) is 0 Å². The van der Waals surface area contributed by atoms with Crippen LogP contribution in [0.1, 0.15) is 5.56 Å². The summed E-state index contributed by atoms with van der Waals surface area (Å²) < 4.78 is 5.17. The molecule has 0 aromatic heterocycles. The van der Waals surface area contributed by atoms with Gasteiger partial charge in [-0.3, -0.25) is 4.79 Å². The number of hydrogen-bond donors (Lipinski definition) is 0. The molecule has 94 valence electrons. The van der Waals surface area contributed by atoms with Gasteiger partial charge in [0.1, 0.15) is 5.75 Å². The maximum atomic E-state index is 10.6. The number of benzene rings is 2. The monoisotopic (exact) mass is 271 g/mol. The summed E-state index contributed by atoms with van der Waals surface area (Å²) in [6.07, 6.45) is 0. The fraction of sp³-hybridized carbons (Fsp3) is 0.0667. The van der Waals surface area contributed by atoms with Gasteiger partial charge in [0.25, 0.3) is 5.24 Å². The molecule has 0 bridgehead atoms. The van der Waals surface area contributed by atoms with Crippen molar-refractivity contribution in [1.29, 1.82) is 5.26 Å². The molecule has 2 aromatic carbocycles. The van der Waals surface area contributed by atoms with Crippen molar-refractivity contribution >= 4 is 16.8 Å². The summed E-state index contributed by atoms with van der Waals surface area (Å²) in [5.74, 6) is 0.589. The van der Waals surface area contributed by atoms with Crippen molar-refractivity contribution in [3.8, 4) is 22.9 Å². The van der Waals surface area contributed by atoms with Crippen LogP contribution in [0.4, 0.5) is 0 Å². The van der Waals surface area contributed by atoms with Crippen molar-refractivity contribution in [2.24, 2.45) is 0 Å². The second-order valence-corrected chi connectivity index (χ2v) is 4.28. The van der Waals surface area contributed by atoms with Crippen LogP contribution in [-0.4, -0.2) is 11.8 Å². The van der Waals surface area contributed by atoms with Gasteiger partial charge in [0.2, 0.25) is 0 Å². The zero-order chi connectivity index (χ0) is 13.7. The van der Waals surface area contributed by atoms with Crippen LogP contribution >= 0.6 is 11.6 Å². The maximum absolute atomic E-state index is 10.6. The Morgan fingerprint density at radius 1 is 1.05 bits per heavy atom. The zero-order valence-electron chi connectivity index (χ0n) is 9.97. The molecule has 0 heterocycles. The van der Waals surface area contributed by atoms with E-state index in [0.29, 0.717) is 11.3 Å². The number of carbonyl (C=O) groups excluding carboxylic acids is 1. The third-order valence-corrected chi connectivity index (χ3v) is 2.66. The number of rotatable bonds is 4. The Bertz CT molecular complexity index is 612. The van der Waals surface area contributed by atoms with Gasteiger partial charge in [0.15, 0.2) is 6.61 Å². The van der Waals surface area contributed by atoms with Gasteiger partial charge in [-0.2, -0.15) is 5.26 Å². The first kappa shape index (κ1) is 13.1. The standard InChI is InChI=1S/C15H10ClNO2/c16-15(18)10-19-14-7-5-13(6-8-14)12-3-1-11(9-17)2-4-12/h1-8H,10H2. The van der Waals surface area contributed by atoms with E-state index in [0.717, 1.165) is 11.1 Å². The number of hydrogen-bond acceptors (Lipinski definition) is 3. The normalized spacial score (nSPS) is 9.68. The molecule has 0 saturated heterocycles. The summed E-state index contributed by atoms with van der Waals surface area (Å²) in [6, 6.07) is 16.7. The Labute approximate surface area is 116 Å². The Hall–Kier alpha value is -2.31. The molecule has 0 saturated carbocycles. The van der Waals surface area contributed by atoms with Crippen molar-refractivity contribution in [2.45, 2.75) is 0 Å². The number of nitrogens with zero attached hydrogens (tertiary/aromatic N) is 1. The minimum atomic E-state index is -0.531. The molecular formula is C15H10ClNO2. The highest BCUT2D eigenvalue weighted by molar-refractivity contribution is 6.63. The summed E-state index contributed by atoms with van der Waals surface area (Å²) in [6.45, 7) is -0.141. The smallest absolute Gasteiger partial charge is 0.259 e. The molecule has 0 spiro atoms. The predicted octanol–water partition coefficient (Wildman–Crippen LogP) is 3.37. The lowest BCUT2D eigenvalue weighted by atomic mass is 10.0. The lowest BCUT2D eigenvalue weighted by Gasteiger charge is -2.05. The zero-order valence-corrected chi connectivity index (χ0v) is 10.7. The lowest BCUT2D eigenvalue weighted by Crippen LogP contribution is -2.03. The van der Waals surface area contributed by atoms with E-state index in [9.17, 15) is 4.79 Å². The van der Waals surface area contributed by atoms with Gasteiger partial charge in [0, 0.05) is 0 Å². The quantitative estimate of drug-likeness (QED) is 0.801. The number of ether oxygens (including phenoxy) is 1. The van der Waals surface area contributed by atoms with Crippen LogP contribution in [0.3, 0.4) is 0 Å². The minimum Gasteiger partial charge on any atom is -0.484 e. The minimum absolute atomic E-state index is 0.141. The molecule has 19 heavy (non-hydrogen) atoms. The molecule has 4 heteroatoms. The first-order valence-electron chi connectivity index (χ1n) is 5.61. The van der Waals surface area contributed by atoms with E-state index >= 15 is 0 Å². The Morgan fingerprint density at radius 2 is 1.58 bits per heavy atom. The highest BCUT2D eigenvalue weighted by atomic mass is 35.5. The van der Waals surface area contributed by atoms with E-state index in [4.69, 9.17) is 21.6 Å². The maximum Gasteiger partial charge on any atom is 0.259 e. The second-order valence-electron chi connectivity index (χ2n) is 3.86. The molecular weight excluding hydrogens is 262 g/mol. The van der Waals surface area contributed by atoms with Crippen LogP contribution in [0.5, 0.6) is 5.75 Å². The van der Waals surface area contributed by atoms with Crippen LogP contribution in [-0.2, 0) is 4.79 Å². The van der Waals surface area contributed by atoms with E-state index < -0.39 is 5.24 Å². The van der Waals surface area contributed by atoms with Crippen LogP contribution in [0.25, 0.3) is 11.1 Å². The van der Waals surface area contributed by atoms with E-state index in [1.165, 1.54) is 0 Å². The van der Waals surface area contributed by atoms with E-state index in [1.54, 1.807) is 24.3 Å². The largest absolute Gasteiger partial charge is 0.484 e. The van der Waals surface area contributed by atoms with Crippen LogP contribution in [0, 0.1) is 11.3 Å². The van der Waals surface area contributed by atoms with Crippen molar-refractivity contribution in [2.75, 3.05) is 6.61 Å². The van der Waals surface area contributed by atoms with E-state index in [1.807, 2.05) is 24.3 Å². The van der Waals surface area contributed by atoms with Crippen LogP contribution < -0.4 is 4.74 Å². The summed E-state index contributed by atoms with van der Waals surface area (Å²) in [5.41, 5.74) is 2.65. The van der Waals surface area contributed by atoms with Gasteiger partial charge < -0.3 is 4.74 Å². The van der Waals surface area contributed by atoms with Crippen LogP contribution in [0.15, 0.2) is 48.5 Å². The molecule has 0 aliphatic rings. The number of nitriles is 1. The first-order chi connectivity index (χ1) is 9.19. The Morgan fingerprint density at radius 3 is 2.05 bits per heavy atom. The van der Waals surface area contributed by atoms with Crippen molar-refractivity contribution in [1.82, 2.24) is 0 Å². The molecule has 0 amide bonds. The molecule has 0 unspecified atom stereocenters. The molecule has 0 aliphatic heterocycles. The summed E-state index contributed by atoms with van der Waals surface area (Å²) in [5, 5.41) is 8.20. The van der Waals surface area contributed by atoms with Gasteiger partial charge in [-0.05, 0) is 47.0 Å². The molecule has 2 aromatic rings. The second kappa shape index (κ2) is 6.03. The highest BCUT2D eigenvalue weighted by Crippen LogP contribution is 2.22. The van der Waals surface area contributed by atoms with Gasteiger partial charge >= 0.3 is 0 Å². The Balaban J connectivity index is 2.13. The van der Waals surface area contributed by atoms with Gasteiger partial charge in [-0.25, -0.2) is 0 Å². The summed E-state index contributed by atoms with van der Waals surface area (Å²) >= 11 is 5.19. The van der Waals surface area contributed by atoms with Gasteiger partial charge in [0.05, 0.1) is 11.6 Å². The predicted molar refractivity (Wildman–Crippen MR) is 72.9 cm³/mol. The molecule has 0 atom stereocenters. The molecule has 0 fully saturated rings. The molecule has 3 nitrogen and oxygen atoms in total. The molecule has 0 aliphatic carbocycles. The SMILES string of the molecule is N#Cc1ccc(-c2ccc(OCC(=O)Cl)cc2)cc1. The fourth-order valence-electron chi connectivity index (χ4n) is 1.62. The molecule has 0 radical (unpaired) electrons. The third kappa shape index (κ3) is 3.57. The van der Waals surface area contributed by atoms with Crippen molar-refractivity contribution in [3.05, 3.63) is 54.1 Å². The molecule has 0 N–H and O–H groups in total. The van der Waals surface area contributed by atoms with Gasteiger partial charge in [-0.1, -0.05) is 24.3 Å². The lowest BCUT2D eigenvalue weighted by molar-refractivity contribution is -0.113. The summed E-state index contributed by atoms with van der Waals surface area (Å²) in [4.78, 5) is 10.6. The average molecular weight is 272 g/mol. The number of carbonyl (C=O) groups is 1. The Kier molecular flexibility index (Phi) is 4.17. The van der Waals surface area contributed by atoms with E-state index in [2.05, 4.69) is 6.07 Å². The summed E-state index contributed by atoms with van der Waals surface area (Å²) in [7, 11) is 0. The van der Waals surface area contributed by atoms with Crippen molar-refractivity contribution in [3.63, 3.8) is 0 Å². The highest BCUT2D eigenvalue weighted by Gasteiger charge is 2.01. The topological polar surface area (TPSA) is 50.1 Å². The van der Waals surface area contributed by atoms with Crippen LogP contribution in [0.2, 0.25) is 0 Å².